The van der Waals surface area contributed by atoms with Crippen molar-refractivity contribution in [3.05, 3.63) is 23.8 Å². The summed E-state index contributed by atoms with van der Waals surface area (Å²) in [6.07, 6.45) is 19.2. The van der Waals surface area contributed by atoms with Crippen LogP contribution in [-0.2, 0) is 0 Å². The molecule has 0 aromatic carbocycles. The van der Waals surface area contributed by atoms with Crippen molar-refractivity contribution in [3.63, 3.8) is 0 Å². The lowest BCUT2D eigenvalue weighted by Crippen LogP contribution is -2.49. The smallest absolute Gasteiger partial charge is 0.0543 e. The summed E-state index contributed by atoms with van der Waals surface area (Å²) in [4.78, 5) is 0. The fourth-order valence-corrected chi connectivity index (χ4v) is 8.68. The van der Waals surface area contributed by atoms with Crippen LogP contribution in [0.5, 0.6) is 0 Å². The first-order valence-electron chi connectivity index (χ1n) is 13.3. The van der Waals surface area contributed by atoms with Gasteiger partial charge in [-0.05, 0) is 110 Å². The van der Waals surface area contributed by atoms with Crippen molar-refractivity contribution in [1.29, 1.82) is 0 Å². The molecule has 0 aliphatic heterocycles. The average molecular weight is 413 g/mol. The lowest BCUT2D eigenvalue weighted by Gasteiger charge is -2.57. The fourth-order valence-electron chi connectivity index (χ4n) is 8.68. The van der Waals surface area contributed by atoms with Crippen molar-refractivity contribution < 1.29 is 5.11 Å². The number of aliphatic hydroxyl groups excluding tert-OH is 1. The number of fused-ring (bicyclic) bond motifs is 5. The third-order valence-electron chi connectivity index (χ3n) is 10.7. The maximum Gasteiger partial charge on any atom is 0.0543 e. The third kappa shape index (κ3) is 3.66. The predicted octanol–water partition coefficient (Wildman–Crippen LogP) is 7.80. The van der Waals surface area contributed by atoms with Gasteiger partial charge in [-0.15, -0.1) is 0 Å². The average Bonchev–Trinajstić information content (AvgIpc) is 3.06. The Morgan fingerprint density at radius 2 is 1.70 bits per heavy atom. The predicted molar refractivity (Wildman–Crippen MR) is 128 cm³/mol. The first kappa shape index (κ1) is 22.6. The molecule has 3 fully saturated rings. The quantitative estimate of drug-likeness (QED) is 0.457. The van der Waals surface area contributed by atoms with Gasteiger partial charge in [0.1, 0.15) is 0 Å². The molecule has 0 aromatic heterocycles. The second kappa shape index (κ2) is 8.42. The minimum atomic E-state index is -0.0480. The van der Waals surface area contributed by atoms with E-state index in [1.807, 2.05) is 5.57 Å². The zero-order chi connectivity index (χ0) is 21.7. The van der Waals surface area contributed by atoms with Crippen LogP contribution in [0.4, 0.5) is 0 Å². The number of hydrogen-bond acceptors (Lipinski definition) is 1. The van der Waals surface area contributed by atoms with Gasteiger partial charge in [0.15, 0.2) is 0 Å². The van der Waals surface area contributed by atoms with Crippen molar-refractivity contribution in [2.75, 3.05) is 0 Å². The van der Waals surface area contributed by atoms with Gasteiger partial charge in [-0.1, -0.05) is 65.3 Å². The van der Waals surface area contributed by atoms with Gasteiger partial charge in [-0.3, -0.25) is 0 Å². The van der Waals surface area contributed by atoms with Crippen LogP contribution in [0.2, 0.25) is 0 Å². The van der Waals surface area contributed by atoms with E-state index in [-0.39, 0.29) is 6.10 Å². The second-order valence-corrected chi connectivity index (χ2v) is 12.5. The van der Waals surface area contributed by atoms with Crippen LogP contribution in [0.1, 0.15) is 99.3 Å². The summed E-state index contributed by atoms with van der Waals surface area (Å²) >= 11 is 0. The molecule has 1 nitrogen and oxygen atoms in total. The summed E-state index contributed by atoms with van der Waals surface area (Å²) in [5.74, 6) is 5.32. The first-order chi connectivity index (χ1) is 14.2. The van der Waals surface area contributed by atoms with Gasteiger partial charge in [0.25, 0.3) is 0 Å². The van der Waals surface area contributed by atoms with Crippen molar-refractivity contribution in [3.8, 4) is 0 Å². The Kier molecular flexibility index (Phi) is 6.35. The molecule has 0 aromatic rings. The van der Waals surface area contributed by atoms with Crippen LogP contribution < -0.4 is 0 Å². The SMILES string of the molecule is CC[C@H](/C=C/[C@@H](C)[C@H]1CC[C@H]2C3=CC[C@H]4C[C@H](O)CC[C@]4(C)[C@H]3CC[C@]12C)C(C)C. The van der Waals surface area contributed by atoms with E-state index >= 15 is 0 Å². The molecular formula is C29H48O. The lowest BCUT2D eigenvalue weighted by molar-refractivity contribution is -0.0414. The lowest BCUT2D eigenvalue weighted by atomic mass is 9.47. The van der Waals surface area contributed by atoms with Gasteiger partial charge in [0.2, 0.25) is 0 Å². The Labute approximate surface area is 186 Å². The summed E-state index contributed by atoms with van der Waals surface area (Å²) in [5, 5.41) is 10.3. The monoisotopic (exact) mass is 412 g/mol. The summed E-state index contributed by atoms with van der Waals surface area (Å²) in [6.45, 7) is 14.8. The molecule has 30 heavy (non-hydrogen) atoms. The maximum atomic E-state index is 10.3. The molecule has 0 amide bonds. The molecule has 4 aliphatic rings. The maximum absolute atomic E-state index is 10.3. The van der Waals surface area contributed by atoms with E-state index in [0.29, 0.717) is 22.7 Å². The summed E-state index contributed by atoms with van der Waals surface area (Å²) < 4.78 is 0. The molecule has 0 unspecified atom stereocenters. The van der Waals surface area contributed by atoms with Crippen LogP contribution in [0.15, 0.2) is 23.8 Å². The Balaban J connectivity index is 1.53. The van der Waals surface area contributed by atoms with E-state index < -0.39 is 0 Å². The Hall–Kier alpha value is -0.560. The highest BCUT2D eigenvalue weighted by Crippen LogP contribution is 2.66. The largest absolute Gasteiger partial charge is 0.393 e. The molecule has 3 saturated carbocycles. The van der Waals surface area contributed by atoms with Gasteiger partial charge >= 0.3 is 0 Å². The van der Waals surface area contributed by atoms with E-state index in [1.54, 1.807) is 0 Å². The van der Waals surface area contributed by atoms with E-state index in [0.717, 1.165) is 42.4 Å². The fraction of sp³-hybridized carbons (Fsp3) is 0.862. The minimum absolute atomic E-state index is 0.0480. The third-order valence-corrected chi connectivity index (χ3v) is 10.7. The molecule has 9 atom stereocenters. The van der Waals surface area contributed by atoms with Gasteiger partial charge in [0, 0.05) is 0 Å². The molecule has 4 rings (SSSR count). The van der Waals surface area contributed by atoms with Gasteiger partial charge in [-0.25, -0.2) is 0 Å². The summed E-state index contributed by atoms with van der Waals surface area (Å²) in [6, 6.07) is 0. The zero-order valence-corrected chi connectivity index (χ0v) is 20.7. The Bertz CT molecular complexity index is 674. The molecule has 0 heterocycles. The highest BCUT2D eigenvalue weighted by atomic mass is 16.3. The number of hydrogen-bond donors (Lipinski definition) is 1. The van der Waals surface area contributed by atoms with Crippen molar-refractivity contribution >= 4 is 0 Å². The van der Waals surface area contributed by atoms with E-state index in [4.69, 9.17) is 0 Å². The van der Waals surface area contributed by atoms with E-state index in [1.165, 1.54) is 44.9 Å². The van der Waals surface area contributed by atoms with Gasteiger partial charge in [0.05, 0.1) is 6.10 Å². The molecule has 0 radical (unpaired) electrons. The molecule has 0 saturated heterocycles. The number of aliphatic hydroxyl groups is 1. The summed E-state index contributed by atoms with van der Waals surface area (Å²) in [7, 11) is 0. The van der Waals surface area contributed by atoms with Crippen LogP contribution in [0.3, 0.4) is 0 Å². The molecular weight excluding hydrogens is 364 g/mol. The number of rotatable bonds is 5. The molecule has 0 bridgehead atoms. The normalized spacial score (nSPS) is 45.6. The highest BCUT2D eigenvalue weighted by molar-refractivity contribution is 5.28. The standard InChI is InChI=1S/C29H48O/c1-7-21(19(2)3)9-8-20(4)25-12-13-26-24-11-10-22-18-23(30)14-16-28(22,5)27(24)15-17-29(25,26)6/h8-9,11,19-23,25-27,30H,7,10,12-18H2,1-6H3/b9-8+/t20-,21-,22+,23-,25-,26+,27+,28+,29-/m1/s1. The van der Waals surface area contributed by atoms with Crippen LogP contribution >= 0.6 is 0 Å². The topological polar surface area (TPSA) is 20.2 Å². The minimum Gasteiger partial charge on any atom is -0.393 e. The van der Waals surface area contributed by atoms with Crippen molar-refractivity contribution in [2.24, 2.45) is 52.3 Å². The summed E-state index contributed by atoms with van der Waals surface area (Å²) in [5.41, 5.74) is 2.79. The van der Waals surface area contributed by atoms with Gasteiger partial charge < -0.3 is 5.11 Å². The Morgan fingerprint density at radius 3 is 2.40 bits per heavy atom. The molecule has 1 N–H and O–H groups in total. The molecule has 0 spiro atoms. The number of allylic oxidation sites excluding steroid dienone is 4. The molecule has 170 valence electrons. The van der Waals surface area contributed by atoms with Crippen molar-refractivity contribution in [1.82, 2.24) is 0 Å². The zero-order valence-electron chi connectivity index (χ0n) is 20.7. The van der Waals surface area contributed by atoms with Crippen LogP contribution in [-0.4, -0.2) is 11.2 Å². The molecule has 4 aliphatic carbocycles. The van der Waals surface area contributed by atoms with Gasteiger partial charge in [-0.2, -0.15) is 0 Å². The van der Waals surface area contributed by atoms with Crippen LogP contribution in [0, 0.1) is 52.3 Å². The van der Waals surface area contributed by atoms with E-state index in [9.17, 15) is 5.11 Å². The van der Waals surface area contributed by atoms with Crippen molar-refractivity contribution in [2.45, 2.75) is 105 Å². The first-order valence-corrected chi connectivity index (χ1v) is 13.3. The second-order valence-electron chi connectivity index (χ2n) is 12.5. The van der Waals surface area contributed by atoms with Crippen LogP contribution in [0.25, 0.3) is 0 Å². The van der Waals surface area contributed by atoms with E-state index in [2.05, 4.69) is 59.8 Å². The Morgan fingerprint density at radius 1 is 1.00 bits per heavy atom. The highest BCUT2D eigenvalue weighted by Gasteiger charge is 2.57. The molecule has 1 heteroatoms.